The van der Waals surface area contributed by atoms with E-state index in [1.54, 1.807) is 6.07 Å². The van der Waals surface area contributed by atoms with Crippen LogP contribution in [0.25, 0.3) is 0 Å². The Hall–Kier alpha value is -2.30. The molecular weight excluding hydrogens is 293 g/mol. The maximum absolute atomic E-state index is 11.0. The Kier molecular flexibility index (Phi) is 4.69. The summed E-state index contributed by atoms with van der Waals surface area (Å²) < 4.78 is 0. The molecule has 0 saturated carbocycles. The second kappa shape index (κ2) is 6.04. The monoisotopic (exact) mass is 299 g/mol. The molecule has 0 aliphatic carbocycles. The minimum Gasteiger partial charge on any atom is -0.478 e. The van der Waals surface area contributed by atoms with Gasteiger partial charge < -0.3 is 10.8 Å². The summed E-state index contributed by atoms with van der Waals surface area (Å²) in [5, 5.41) is 28.4. The number of benzene rings is 1. The summed E-state index contributed by atoms with van der Waals surface area (Å²) in [5.41, 5.74) is 6.72. The molecule has 1 aromatic rings. The van der Waals surface area contributed by atoms with Crippen LogP contribution in [0.15, 0.2) is 17.2 Å². The number of nitrogens with one attached hydrogen (secondary N) is 2. The third kappa shape index (κ3) is 3.58. The minimum atomic E-state index is -1.27. The van der Waals surface area contributed by atoms with E-state index >= 15 is 0 Å². The van der Waals surface area contributed by atoms with Crippen molar-refractivity contribution in [2.24, 2.45) is 10.8 Å². The van der Waals surface area contributed by atoms with Crippen LogP contribution in [0.2, 0.25) is 10.0 Å². The number of anilines is 1. The third-order valence-electron chi connectivity index (χ3n) is 1.93. The maximum atomic E-state index is 11.0. The third-order valence-corrected chi connectivity index (χ3v) is 2.44. The fourth-order valence-electron chi connectivity index (χ4n) is 1.11. The molecule has 0 bridgehead atoms. The standard InChI is InChI=1S/C10H7Cl2N5O2/c11-4-1-5(10(18)19)8(6(12)2-4)17-16-7(3-13)9(14)15/h1-2,17H,(H3,14,15)(H,18,19)/b16-7+. The van der Waals surface area contributed by atoms with Crippen LogP contribution in [0.3, 0.4) is 0 Å². The smallest absolute Gasteiger partial charge is 0.337 e. The zero-order chi connectivity index (χ0) is 14.6. The van der Waals surface area contributed by atoms with Gasteiger partial charge in [-0.15, -0.1) is 0 Å². The van der Waals surface area contributed by atoms with Gasteiger partial charge in [-0.05, 0) is 12.1 Å². The van der Waals surface area contributed by atoms with Gasteiger partial charge in [0.1, 0.15) is 6.07 Å². The minimum absolute atomic E-state index is 0.00879. The molecule has 0 aliphatic rings. The molecule has 0 radical (unpaired) electrons. The van der Waals surface area contributed by atoms with Gasteiger partial charge in [-0.1, -0.05) is 23.2 Å². The SMILES string of the molecule is N#C/C(=N\Nc1c(Cl)cc(Cl)cc1C(=O)O)C(=N)N. The summed E-state index contributed by atoms with van der Waals surface area (Å²) in [6, 6.07) is 4.06. The van der Waals surface area contributed by atoms with E-state index in [9.17, 15) is 4.79 Å². The lowest BCUT2D eigenvalue weighted by atomic mass is 10.2. The number of halogens is 2. The molecule has 5 N–H and O–H groups in total. The molecule has 19 heavy (non-hydrogen) atoms. The highest BCUT2D eigenvalue weighted by atomic mass is 35.5. The van der Waals surface area contributed by atoms with Gasteiger partial charge in [0, 0.05) is 5.02 Å². The Labute approximate surface area is 117 Å². The number of hydrogen-bond acceptors (Lipinski definition) is 5. The van der Waals surface area contributed by atoms with E-state index in [2.05, 4.69) is 10.5 Å². The molecule has 1 aromatic carbocycles. The van der Waals surface area contributed by atoms with Crippen molar-refractivity contribution >= 4 is 46.4 Å². The van der Waals surface area contributed by atoms with Crippen molar-refractivity contribution in [3.05, 3.63) is 27.7 Å². The Bertz CT molecular complexity index is 621. The van der Waals surface area contributed by atoms with Crippen molar-refractivity contribution < 1.29 is 9.90 Å². The molecule has 1 rings (SSSR count). The normalized spacial score (nSPS) is 10.7. The van der Waals surface area contributed by atoms with E-state index in [4.69, 9.17) is 44.7 Å². The number of nitriles is 1. The summed E-state index contributed by atoms with van der Waals surface area (Å²) in [5.74, 6) is -1.83. The summed E-state index contributed by atoms with van der Waals surface area (Å²) in [6.45, 7) is 0. The molecule has 7 nitrogen and oxygen atoms in total. The molecule has 0 saturated heterocycles. The quantitative estimate of drug-likeness (QED) is 0.382. The van der Waals surface area contributed by atoms with Crippen LogP contribution >= 0.6 is 23.2 Å². The molecule has 0 fully saturated rings. The topological polar surface area (TPSA) is 135 Å². The van der Waals surface area contributed by atoms with Gasteiger partial charge in [0.05, 0.1) is 16.3 Å². The summed E-state index contributed by atoms with van der Waals surface area (Å²) >= 11 is 11.5. The fourth-order valence-corrected chi connectivity index (χ4v) is 1.65. The van der Waals surface area contributed by atoms with Crippen LogP contribution in [0.1, 0.15) is 10.4 Å². The summed E-state index contributed by atoms with van der Waals surface area (Å²) in [4.78, 5) is 11.0. The molecule has 0 aliphatic heterocycles. The predicted octanol–water partition coefficient (Wildman–Crippen LogP) is 1.92. The van der Waals surface area contributed by atoms with E-state index in [-0.39, 0.29) is 21.3 Å². The molecule has 98 valence electrons. The highest BCUT2D eigenvalue weighted by Gasteiger charge is 2.15. The Morgan fingerprint density at radius 3 is 2.63 bits per heavy atom. The number of nitrogens with two attached hydrogens (primary N) is 1. The lowest BCUT2D eigenvalue weighted by Gasteiger charge is -2.08. The van der Waals surface area contributed by atoms with Crippen molar-refractivity contribution in [1.29, 1.82) is 10.7 Å². The lowest BCUT2D eigenvalue weighted by molar-refractivity contribution is 0.0698. The van der Waals surface area contributed by atoms with Gasteiger partial charge >= 0.3 is 5.97 Å². The number of carboxylic acids is 1. The molecule has 0 heterocycles. The van der Waals surface area contributed by atoms with Crippen molar-refractivity contribution in [1.82, 2.24) is 0 Å². The Morgan fingerprint density at radius 2 is 2.16 bits per heavy atom. The van der Waals surface area contributed by atoms with Crippen LogP contribution < -0.4 is 11.2 Å². The maximum Gasteiger partial charge on any atom is 0.337 e. The Morgan fingerprint density at radius 1 is 1.53 bits per heavy atom. The first-order valence-electron chi connectivity index (χ1n) is 4.67. The number of carbonyl (C=O) groups is 1. The van der Waals surface area contributed by atoms with Gasteiger partial charge in [-0.25, -0.2) is 4.79 Å². The molecule has 0 spiro atoms. The highest BCUT2D eigenvalue weighted by Crippen LogP contribution is 2.30. The number of rotatable bonds is 4. The largest absolute Gasteiger partial charge is 0.478 e. The van der Waals surface area contributed by atoms with Crippen LogP contribution in [0.5, 0.6) is 0 Å². The van der Waals surface area contributed by atoms with Gasteiger partial charge in [0.15, 0.2) is 5.84 Å². The van der Waals surface area contributed by atoms with E-state index < -0.39 is 17.5 Å². The van der Waals surface area contributed by atoms with E-state index in [1.807, 2.05) is 0 Å². The van der Waals surface area contributed by atoms with Crippen molar-refractivity contribution in [2.75, 3.05) is 5.43 Å². The number of carboxylic acid groups (broad SMARTS) is 1. The summed E-state index contributed by atoms with van der Waals surface area (Å²) in [7, 11) is 0. The average Bonchev–Trinajstić information content (AvgIpc) is 2.30. The van der Waals surface area contributed by atoms with Crippen molar-refractivity contribution in [3.63, 3.8) is 0 Å². The first-order chi connectivity index (χ1) is 8.86. The lowest BCUT2D eigenvalue weighted by Crippen LogP contribution is -2.22. The van der Waals surface area contributed by atoms with Gasteiger partial charge in [-0.2, -0.15) is 10.4 Å². The first-order valence-corrected chi connectivity index (χ1v) is 5.43. The van der Waals surface area contributed by atoms with Crippen molar-refractivity contribution in [3.8, 4) is 6.07 Å². The van der Waals surface area contributed by atoms with Crippen LogP contribution in [0.4, 0.5) is 5.69 Å². The summed E-state index contributed by atoms with van der Waals surface area (Å²) in [6.07, 6.45) is 0. The zero-order valence-corrected chi connectivity index (χ0v) is 10.7. The van der Waals surface area contributed by atoms with Crippen molar-refractivity contribution in [2.45, 2.75) is 0 Å². The molecule has 0 atom stereocenters. The molecular formula is C10H7Cl2N5O2. The molecule has 0 unspecified atom stereocenters. The second-order valence-corrected chi connectivity index (χ2v) is 4.06. The van der Waals surface area contributed by atoms with Crippen LogP contribution in [0, 0.1) is 16.7 Å². The number of hydrazone groups is 1. The predicted molar refractivity (Wildman–Crippen MR) is 72.0 cm³/mol. The van der Waals surface area contributed by atoms with Crippen LogP contribution in [-0.2, 0) is 0 Å². The average molecular weight is 300 g/mol. The van der Waals surface area contributed by atoms with E-state index in [0.717, 1.165) is 0 Å². The second-order valence-electron chi connectivity index (χ2n) is 3.21. The molecule has 9 heteroatoms. The Balaban J connectivity index is 3.25. The van der Waals surface area contributed by atoms with E-state index in [1.165, 1.54) is 12.1 Å². The fraction of sp³-hybridized carbons (Fsp3) is 0. The first kappa shape index (κ1) is 14.8. The molecule has 0 amide bonds. The number of amidine groups is 1. The highest BCUT2D eigenvalue weighted by molar-refractivity contribution is 6.46. The molecule has 0 aromatic heterocycles. The van der Waals surface area contributed by atoms with Gasteiger partial charge in [0.2, 0.25) is 5.71 Å². The van der Waals surface area contributed by atoms with Gasteiger partial charge in [-0.3, -0.25) is 10.8 Å². The van der Waals surface area contributed by atoms with Gasteiger partial charge in [0.25, 0.3) is 0 Å². The van der Waals surface area contributed by atoms with E-state index in [0.29, 0.717) is 0 Å². The number of nitrogens with zero attached hydrogens (tertiary/aromatic N) is 2. The van der Waals surface area contributed by atoms with Crippen LogP contribution in [-0.4, -0.2) is 22.6 Å². The number of aromatic carboxylic acids is 1. The number of hydrogen-bond donors (Lipinski definition) is 4. The zero-order valence-electron chi connectivity index (χ0n) is 9.24.